The number of benzene rings is 1. The number of carboxylic acids is 1. The third-order valence-electron chi connectivity index (χ3n) is 3.61. The first-order chi connectivity index (χ1) is 9.54. The van der Waals surface area contributed by atoms with E-state index in [0.717, 1.165) is 0 Å². The number of carbonyl (C=O) groups excluding carboxylic acids is 1. The molecule has 0 saturated heterocycles. The highest BCUT2D eigenvalue weighted by atomic mass is 35.5. The number of anilines is 1. The number of nitrogens with zero attached hydrogens (tertiary/aromatic N) is 1. The van der Waals surface area contributed by atoms with Gasteiger partial charge in [-0.2, -0.15) is 0 Å². The molecular weight excluding hydrogens is 292 g/mol. The van der Waals surface area contributed by atoms with Crippen LogP contribution < -0.4 is 5.32 Å². The van der Waals surface area contributed by atoms with Crippen LogP contribution in [0.25, 0.3) is 0 Å². The summed E-state index contributed by atoms with van der Waals surface area (Å²) in [4.78, 5) is 24.7. The zero-order valence-corrected chi connectivity index (χ0v) is 13.7. The monoisotopic (exact) mass is 312 g/mol. The van der Waals surface area contributed by atoms with E-state index in [1.807, 2.05) is 6.92 Å². The fraction of sp³-hybridized carbons (Fsp3) is 0.467. The number of hydrogen-bond donors (Lipinski definition) is 2. The summed E-state index contributed by atoms with van der Waals surface area (Å²) in [5, 5.41) is 11.7. The molecule has 21 heavy (non-hydrogen) atoms. The lowest BCUT2D eigenvalue weighted by Gasteiger charge is -2.35. The van der Waals surface area contributed by atoms with Gasteiger partial charge < -0.3 is 15.3 Å². The maximum absolute atomic E-state index is 12.2. The van der Waals surface area contributed by atoms with Crippen molar-refractivity contribution in [1.82, 2.24) is 4.90 Å². The van der Waals surface area contributed by atoms with Gasteiger partial charge in [0.1, 0.15) is 0 Å². The lowest BCUT2D eigenvalue weighted by atomic mass is 9.87. The topological polar surface area (TPSA) is 69.6 Å². The molecule has 5 nitrogen and oxygen atoms in total. The Balaban J connectivity index is 2.84. The van der Waals surface area contributed by atoms with E-state index in [9.17, 15) is 9.59 Å². The Bertz CT molecular complexity index is 552. The minimum Gasteiger partial charge on any atom is -0.478 e. The molecule has 0 saturated carbocycles. The minimum absolute atomic E-state index is 0.00563. The molecule has 1 atom stereocenters. The maximum atomic E-state index is 12.2. The van der Waals surface area contributed by atoms with Gasteiger partial charge in [-0.15, -0.1) is 0 Å². The predicted molar refractivity (Wildman–Crippen MR) is 84.1 cm³/mol. The van der Waals surface area contributed by atoms with Gasteiger partial charge in [0.15, 0.2) is 0 Å². The number of hydrogen-bond acceptors (Lipinski definition) is 2. The van der Waals surface area contributed by atoms with Gasteiger partial charge in [0.2, 0.25) is 0 Å². The Morgan fingerprint density at radius 2 is 1.90 bits per heavy atom. The molecule has 1 aromatic carbocycles. The smallest absolute Gasteiger partial charge is 0.337 e. The van der Waals surface area contributed by atoms with Gasteiger partial charge in [0.25, 0.3) is 0 Å². The van der Waals surface area contributed by atoms with Crippen LogP contribution in [0.5, 0.6) is 0 Å². The third-order valence-corrected chi connectivity index (χ3v) is 3.92. The fourth-order valence-electron chi connectivity index (χ4n) is 1.73. The van der Waals surface area contributed by atoms with Gasteiger partial charge in [-0.25, -0.2) is 9.59 Å². The van der Waals surface area contributed by atoms with Gasteiger partial charge in [-0.05, 0) is 30.5 Å². The number of rotatable bonds is 3. The van der Waals surface area contributed by atoms with Crippen LogP contribution in [-0.4, -0.2) is 35.1 Å². The molecule has 116 valence electrons. The van der Waals surface area contributed by atoms with E-state index in [2.05, 4.69) is 26.1 Å². The summed E-state index contributed by atoms with van der Waals surface area (Å²) >= 11 is 5.88. The third kappa shape index (κ3) is 4.36. The molecule has 0 bridgehead atoms. The predicted octanol–water partition coefficient (Wildman–Crippen LogP) is 3.94. The summed E-state index contributed by atoms with van der Waals surface area (Å²) in [6, 6.07) is 4.08. The van der Waals surface area contributed by atoms with Gasteiger partial charge in [-0.3, -0.25) is 0 Å². The Morgan fingerprint density at radius 1 is 1.33 bits per heavy atom. The van der Waals surface area contributed by atoms with Crippen LogP contribution in [0.1, 0.15) is 38.1 Å². The summed E-state index contributed by atoms with van der Waals surface area (Å²) in [5.41, 5.74) is 0.422. The van der Waals surface area contributed by atoms with Crippen LogP contribution in [0.4, 0.5) is 10.5 Å². The Labute approximate surface area is 129 Å². The van der Waals surface area contributed by atoms with Gasteiger partial charge in [0.05, 0.1) is 10.6 Å². The van der Waals surface area contributed by atoms with Crippen molar-refractivity contribution < 1.29 is 14.7 Å². The Kier molecular flexibility index (Phi) is 5.23. The van der Waals surface area contributed by atoms with Crippen LogP contribution in [0.15, 0.2) is 18.2 Å². The van der Waals surface area contributed by atoms with E-state index in [1.54, 1.807) is 11.9 Å². The molecule has 1 rings (SSSR count). The standard InChI is InChI=1S/C15H21ClN2O3/c1-9(15(2,3)4)18(5)14(21)17-10-6-7-11(13(19)20)12(16)8-10/h6-9H,1-5H3,(H,17,21)(H,19,20). The van der Waals surface area contributed by atoms with Crippen molar-refractivity contribution in [3.8, 4) is 0 Å². The van der Waals surface area contributed by atoms with Crippen molar-refractivity contribution in [2.24, 2.45) is 5.41 Å². The number of nitrogens with one attached hydrogen (secondary N) is 1. The van der Waals surface area contributed by atoms with Crippen LogP contribution in [0.2, 0.25) is 5.02 Å². The van der Waals surface area contributed by atoms with Crippen molar-refractivity contribution >= 4 is 29.3 Å². The van der Waals surface area contributed by atoms with Gasteiger partial charge in [-0.1, -0.05) is 32.4 Å². The summed E-state index contributed by atoms with van der Waals surface area (Å²) in [7, 11) is 1.72. The zero-order chi connectivity index (χ0) is 16.4. The van der Waals surface area contributed by atoms with Crippen LogP contribution in [0, 0.1) is 5.41 Å². The number of carboxylic acid groups (broad SMARTS) is 1. The van der Waals surface area contributed by atoms with Gasteiger partial charge in [0, 0.05) is 18.8 Å². The van der Waals surface area contributed by atoms with Crippen molar-refractivity contribution in [1.29, 1.82) is 0 Å². The molecule has 0 aliphatic rings. The average molecular weight is 313 g/mol. The van der Waals surface area contributed by atoms with E-state index in [0.29, 0.717) is 5.69 Å². The first kappa shape index (κ1) is 17.3. The van der Waals surface area contributed by atoms with Crippen molar-refractivity contribution in [3.05, 3.63) is 28.8 Å². The summed E-state index contributed by atoms with van der Waals surface area (Å²) in [5.74, 6) is -1.10. The second-order valence-electron chi connectivity index (χ2n) is 6.08. The minimum atomic E-state index is -1.10. The first-order valence-corrected chi connectivity index (χ1v) is 6.98. The summed E-state index contributed by atoms with van der Waals surface area (Å²) in [6.07, 6.45) is 0. The molecule has 0 spiro atoms. The van der Waals surface area contributed by atoms with Crippen molar-refractivity contribution in [2.75, 3.05) is 12.4 Å². The number of aromatic carboxylic acids is 1. The lowest BCUT2D eigenvalue weighted by molar-refractivity contribution is 0.0697. The van der Waals surface area contributed by atoms with Crippen LogP contribution in [0.3, 0.4) is 0 Å². The molecule has 6 heteroatoms. The second-order valence-corrected chi connectivity index (χ2v) is 6.49. The van der Waals surface area contributed by atoms with E-state index in [1.165, 1.54) is 18.2 Å². The highest BCUT2D eigenvalue weighted by Gasteiger charge is 2.27. The quantitative estimate of drug-likeness (QED) is 0.888. The maximum Gasteiger partial charge on any atom is 0.337 e. The fourth-order valence-corrected chi connectivity index (χ4v) is 2.00. The Morgan fingerprint density at radius 3 is 2.33 bits per heavy atom. The molecule has 0 aliphatic carbocycles. The van der Waals surface area contributed by atoms with E-state index < -0.39 is 5.97 Å². The number of amides is 2. The van der Waals surface area contributed by atoms with E-state index >= 15 is 0 Å². The molecule has 1 aromatic rings. The first-order valence-electron chi connectivity index (χ1n) is 6.60. The number of halogens is 1. The van der Waals surface area contributed by atoms with E-state index in [4.69, 9.17) is 16.7 Å². The van der Waals surface area contributed by atoms with Crippen LogP contribution >= 0.6 is 11.6 Å². The van der Waals surface area contributed by atoms with E-state index in [-0.39, 0.29) is 28.1 Å². The molecule has 0 heterocycles. The van der Waals surface area contributed by atoms with Crippen LogP contribution in [-0.2, 0) is 0 Å². The second kappa shape index (κ2) is 6.35. The number of urea groups is 1. The Hall–Kier alpha value is -1.75. The lowest BCUT2D eigenvalue weighted by Crippen LogP contribution is -2.44. The summed E-state index contributed by atoms with van der Waals surface area (Å²) < 4.78 is 0. The highest BCUT2D eigenvalue weighted by molar-refractivity contribution is 6.33. The normalized spacial score (nSPS) is 12.7. The van der Waals surface area contributed by atoms with Crippen molar-refractivity contribution in [2.45, 2.75) is 33.7 Å². The molecule has 1 unspecified atom stereocenters. The molecular formula is C15H21ClN2O3. The number of carbonyl (C=O) groups is 2. The largest absolute Gasteiger partial charge is 0.478 e. The zero-order valence-electron chi connectivity index (χ0n) is 12.9. The molecule has 2 N–H and O–H groups in total. The molecule has 0 radical (unpaired) electrons. The molecule has 0 aromatic heterocycles. The summed E-state index contributed by atoms with van der Waals surface area (Å²) in [6.45, 7) is 8.14. The highest BCUT2D eigenvalue weighted by Crippen LogP contribution is 2.25. The SMILES string of the molecule is CC(N(C)C(=O)Nc1ccc(C(=O)O)c(Cl)c1)C(C)(C)C. The van der Waals surface area contributed by atoms with Gasteiger partial charge >= 0.3 is 12.0 Å². The molecule has 2 amide bonds. The average Bonchev–Trinajstić information content (AvgIpc) is 2.35. The van der Waals surface area contributed by atoms with Crippen molar-refractivity contribution in [3.63, 3.8) is 0 Å². The molecule has 0 fully saturated rings. The molecule has 0 aliphatic heterocycles.